The summed E-state index contributed by atoms with van der Waals surface area (Å²) in [5.41, 5.74) is 0.693. The Hall–Kier alpha value is -2.54. The number of aromatic nitrogens is 1. The third-order valence-corrected chi connectivity index (χ3v) is 4.81. The van der Waals surface area contributed by atoms with Crippen LogP contribution in [0.2, 0.25) is 0 Å². The molecule has 1 atom stereocenters. The molecule has 0 fully saturated rings. The Morgan fingerprint density at radius 2 is 1.80 bits per heavy atom. The number of benzene rings is 1. The molecule has 0 spiro atoms. The van der Waals surface area contributed by atoms with E-state index < -0.39 is 23.8 Å². The van der Waals surface area contributed by atoms with Crippen molar-refractivity contribution >= 4 is 34.2 Å². The lowest BCUT2D eigenvalue weighted by atomic mass is 10.0. The molecule has 1 aromatic carbocycles. The molecule has 1 aliphatic rings. The van der Waals surface area contributed by atoms with Crippen LogP contribution in [0.5, 0.6) is 0 Å². The highest BCUT2D eigenvalue weighted by Crippen LogP contribution is 2.28. The Labute approximate surface area is 149 Å². The first-order valence-electron chi connectivity index (χ1n) is 8.08. The zero-order valence-corrected chi connectivity index (χ0v) is 15.1. The van der Waals surface area contributed by atoms with E-state index in [2.05, 4.69) is 10.3 Å². The zero-order valence-electron chi connectivity index (χ0n) is 14.3. The van der Waals surface area contributed by atoms with Crippen molar-refractivity contribution in [2.75, 3.05) is 5.32 Å². The topological polar surface area (TPSA) is 79.4 Å². The van der Waals surface area contributed by atoms with Gasteiger partial charge in [0.25, 0.3) is 11.8 Å². The number of nitrogens with one attached hydrogen (secondary N) is 1. The largest absolute Gasteiger partial charge is 0.300 e. The average molecular weight is 357 g/mol. The number of amides is 3. The van der Waals surface area contributed by atoms with Gasteiger partial charge >= 0.3 is 0 Å². The number of imide groups is 1. The van der Waals surface area contributed by atoms with Gasteiger partial charge in [0, 0.05) is 11.1 Å². The number of thiazole rings is 1. The minimum absolute atomic E-state index is 0.137. The molecule has 1 aliphatic heterocycles. The van der Waals surface area contributed by atoms with Crippen molar-refractivity contribution in [2.45, 2.75) is 33.2 Å². The first kappa shape index (κ1) is 17.3. The summed E-state index contributed by atoms with van der Waals surface area (Å²) in [6.45, 7) is 5.79. The van der Waals surface area contributed by atoms with Crippen molar-refractivity contribution in [1.29, 1.82) is 0 Å². The average Bonchev–Trinajstić information content (AvgIpc) is 3.08. The number of anilines is 1. The quantitative estimate of drug-likeness (QED) is 0.834. The van der Waals surface area contributed by atoms with Crippen LogP contribution < -0.4 is 5.32 Å². The summed E-state index contributed by atoms with van der Waals surface area (Å²) < 4.78 is 0. The summed E-state index contributed by atoms with van der Waals surface area (Å²) in [6, 6.07) is 5.79. The molecular weight excluding hydrogens is 338 g/mol. The molecule has 2 aromatic rings. The predicted molar refractivity (Wildman–Crippen MR) is 95.7 cm³/mol. The number of rotatable bonds is 5. The van der Waals surface area contributed by atoms with Crippen LogP contribution in [0, 0.1) is 12.8 Å². The number of carbonyl (C=O) groups excluding carboxylic acids is 3. The highest BCUT2D eigenvalue weighted by molar-refractivity contribution is 7.15. The number of carbonyl (C=O) groups is 3. The molecule has 0 aliphatic carbocycles. The number of aryl methyl sites for hydroxylation is 1. The lowest BCUT2D eigenvalue weighted by Crippen LogP contribution is -2.47. The molecule has 2 heterocycles. The van der Waals surface area contributed by atoms with Crippen LogP contribution in [0.3, 0.4) is 0 Å². The molecule has 6 nitrogen and oxygen atoms in total. The minimum atomic E-state index is -0.864. The van der Waals surface area contributed by atoms with Gasteiger partial charge in [0.15, 0.2) is 5.13 Å². The van der Waals surface area contributed by atoms with E-state index >= 15 is 0 Å². The van der Waals surface area contributed by atoms with Crippen LogP contribution in [0.25, 0.3) is 0 Å². The standard InChI is InChI=1S/C18H19N3O3S/c1-10(2)8-14(15(22)20-18-19-9-11(3)25-18)21-16(23)12-6-4-5-7-13(12)17(21)24/h4-7,9-10,14H,8H2,1-3H3,(H,19,20,22)/t14-/m0/s1. The number of hydrogen-bond donors (Lipinski definition) is 1. The van der Waals surface area contributed by atoms with E-state index in [0.29, 0.717) is 22.7 Å². The second-order valence-corrected chi connectivity index (χ2v) is 7.67. The zero-order chi connectivity index (χ0) is 18.1. The van der Waals surface area contributed by atoms with Gasteiger partial charge in [-0.3, -0.25) is 19.3 Å². The van der Waals surface area contributed by atoms with Gasteiger partial charge in [0.2, 0.25) is 5.91 Å². The van der Waals surface area contributed by atoms with E-state index in [4.69, 9.17) is 0 Å². The fraction of sp³-hybridized carbons (Fsp3) is 0.333. The Balaban J connectivity index is 1.90. The Morgan fingerprint density at radius 3 is 2.28 bits per heavy atom. The van der Waals surface area contributed by atoms with Gasteiger partial charge < -0.3 is 5.32 Å². The Kier molecular flexibility index (Phi) is 4.67. The van der Waals surface area contributed by atoms with Gasteiger partial charge in [-0.15, -0.1) is 11.3 Å². The van der Waals surface area contributed by atoms with Crippen LogP contribution >= 0.6 is 11.3 Å². The van der Waals surface area contributed by atoms with Gasteiger partial charge in [-0.1, -0.05) is 26.0 Å². The summed E-state index contributed by atoms with van der Waals surface area (Å²) in [4.78, 5) is 44.4. The molecule has 0 saturated heterocycles. The molecule has 25 heavy (non-hydrogen) atoms. The Morgan fingerprint density at radius 1 is 1.20 bits per heavy atom. The fourth-order valence-electron chi connectivity index (χ4n) is 2.87. The van der Waals surface area contributed by atoms with E-state index in [1.807, 2.05) is 20.8 Å². The van der Waals surface area contributed by atoms with Gasteiger partial charge in [-0.05, 0) is 31.4 Å². The molecule has 0 unspecified atom stereocenters. The molecule has 1 N–H and O–H groups in total. The van der Waals surface area contributed by atoms with E-state index in [0.717, 1.165) is 9.78 Å². The smallest absolute Gasteiger partial charge is 0.262 e. The fourth-order valence-corrected chi connectivity index (χ4v) is 3.54. The van der Waals surface area contributed by atoms with Gasteiger partial charge in [-0.25, -0.2) is 4.98 Å². The van der Waals surface area contributed by atoms with Crippen molar-refractivity contribution in [3.05, 3.63) is 46.5 Å². The van der Waals surface area contributed by atoms with Crippen LogP contribution in [0.15, 0.2) is 30.5 Å². The second-order valence-electron chi connectivity index (χ2n) is 6.44. The molecule has 1 aromatic heterocycles. The minimum Gasteiger partial charge on any atom is -0.300 e. The molecule has 3 amide bonds. The maximum atomic E-state index is 12.8. The number of fused-ring (bicyclic) bond motifs is 1. The maximum absolute atomic E-state index is 12.8. The predicted octanol–water partition coefficient (Wildman–Crippen LogP) is 3.10. The number of hydrogen-bond acceptors (Lipinski definition) is 5. The van der Waals surface area contributed by atoms with E-state index in [-0.39, 0.29) is 5.92 Å². The monoisotopic (exact) mass is 357 g/mol. The first-order valence-corrected chi connectivity index (χ1v) is 8.90. The third kappa shape index (κ3) is 3.32. The van der Waals surface area contributed by atoms with Gasteiger partial charge in [-0.2, -0.15) is 0 Å². The molecule has 7 heteroatoms. The summed E-state index contributed by atoms with van der Waals surface area (Å²) >= 11 is 1.35. The SMILES string of the molecule is Cc1cnc(NC(=O)[C@H](CC(C)C)N2C(=O)c3ccccc3C2=O)s1. The molecule has 0 bridgehead atoms. The third-order valence-electron chi connectivity index (χ3n) is 3.99. The molecule has 130 valence electrons. The van der Waals surface area contributed by atoms with Crippen molar-refractivity contribution in [1.82, 2.24) is 9.88 Å². The van der Waals surface area contributed by atoms with Crippen molar-refractivity contribution in [2.24, 2.45) is 5.92 Å². The summed E-state index contributed by atoms with van der Waals surface area (Å²) in [5.74, 6) is -1.09. The van der Waals surface area contributed by atoms with E-state index in [9.17, 15) is 14.4 Å². The van der Waals surface area contributed by atoms with E-state index in [1.54, 1.807) is 30.5 Å². The highest BCUT2D eigenvalue weighted by atomic mass is 32.1. The van der Waals surface area contributed by atoms with Crippen LogP contribution in [-0.2, 0) is 4.79 Å². The number of nitrogens with zero attached hydrogens (tertiary/aromatic N) is 2. The maximum Gasteiger partial charge on any atom is 0.262 e. The van der Waals surface area contributed by atoms with E-state index in [1.165, 1.54) is 11.3 Å². The van der Waals surface area contributed by atoms with Crippen LogP contribution in [-0.4, -0.2) is 33.6 Å². The first-order chi connectivity index (χ1) is 11.9. The molecule has 0 radical (unpaired) electrons. The summed E-state index contributed by atoms with van der Waals surface area (Å²) in [7, 11) is 0. The molecule has 0 saturated carbocycles. The normalized spacial score (nSPS) is 14.8. The van der Waals surface area contributed by atoms with Crippen molar-refractivity contribution in [3.8, 4) is 0 Å². The molecular formula is C18H19N3O3S. The van der Waals surface area contributed by atoms with Gasteiger partial charge in [0.1, 0.15) is 6.04 Å². The van der Waals surface area contributed by atoms with Crippen molar-refractivity contribution < 1.29 is 14.4 Å². The van der Waals surface area contributed by atoms with Gasteiger partial charge in [0.05, 0.1) is 11.1 Å². The lowest BCUT2D eigenvalue weighted by Gasteiger charge is -2.26. The van der Waals surface area contributed by atoms with Crippen LogP contribution in [0.4, 0.5) is 5.13 Å². The lowest BCUT2D eigenvalue weighted by molar-refractivity contribution is -0.120. The second kappa shape index (κ2) is 6.76. The molecule has 3 rings (SSSR count). The van der Waals surface area contributed by atoms with Crippen LogP contribution in [0.1, 0.15) is 45.9 Å². The van der Waals surface area contributed by atoms with Crippen molar-refractivity contribution in [3.63, 3.8) is 0 Å². The Bertz CT molecular complexity index is 809. The summed E-state index contributed by atoms with van der Waals surface area (Å²) in [5, 5.41) is 3.20. The summed E-state index contributed by atoms with van der Waals surface area (Å²) in [6.07, 6.45) is 2.06. The highest BCUT2D eigenvalue weighted by Gasteiger charge is 2.42.